The van der Waals surface area contributed by atoms with Crippen LogP contribution < -0.4 is 0 Å². The van der Waals surface area contributed by atoms with Gasteiger partial charge in [0.25, 0.3) is 0 Å². The lowest BCUT2D eigenvalue weighted by atomic mass is 9.92. The van der Waals surface area contributed by atoms with Crippen molar-refractivity contribution in [2.75, 3.05) is 0 Å². The molecular formula is C16H13NO4. The van der Waals surface area contributed by atoms with Crippen LogP contribution in [0.4, 0.5) is 0 Å². The zero-order valence-corrected chi connectivity index (χ0v) is 11.5. The highest BCUT2D eigenvalue weighted by molar-refractivity contribution is 6.17. The molecule has 21 heavy (non-hydrogen) atoms. The van der Waals surface area contributed by atoms with Gasteiger partial charge in [-0.05, 0) is 31.0 Å². The Morgan fingerprint density at radius 1 is 0.952 bits per heavy atom. The van der Waals surface area contributed by atoms with E-state index in [0.29, 0.717) is 16.6 Å². The Labute approximate surface area is 119 Å². The average molecular weight is 283 g/mol. The number of nitrogens with one attached hydrogen (secondary N) is 1. The molecule has 106 valence electrons. The van der Waals surface area contributed by atoms with Crippen molar-refractivity contribution in [2.24, 2.45) is 0 Å². The van der Waals surface area contributed by atoms with Crippen molar-refractivity contribution in [3.63, 3.8) is 0 Å². The zero-order valence-electron chi connectivity index (χ0n) is 11.5. The van der Waals surface area contributed by atoms with E-state index in [0.717, 1.165) is 16.3 Å². The number of para-hydroxylation sites is 1. The number of H-pyrrole nitrogens is 1. The summed E-state index contributed by atoms with van der Waals surface area (Å²) in [6.45, 7) is 3.28. The van der Waals surface area contributed by atoms with Gasteiger partial charge in [0.15, 0.2) is 0 Å². The molecule has 0 atom stereocenters. The second-order valence-corrected chi connectivity index (χ2v) is 5.03. The maximum Gasteiger partial charge on any atom is 0.336 e. The van der Waals surface area contributed by atoms with Gasteiger partial charge in [0.2, 0.25) is 0 Å². The summed E-state index contributed by atoms with van der Waals surface area (Å²) in [6.07, 6.45) is 0. The number of rotatable bonds is 2. The van der Waals surface area contributed by atoms with E-state index >= 15 is 0 Å². The monoisotopic (exact) mass is 283 g/mol. The highest BCUT2D eigenvalue weighted by Crippen LogP contribution is 2.35. The summed E-state index contributed by atoms with van der Waals surface area (Å²) in [5.74, 6) is -2.45. The van der Waals surface area contributed by atoms with Gasteiger partial charge in [0.05, 0.1) is 16.6 Å². The van der Waals surface area contributed by atoms with Gasteiger partial charge in [-0.1, -0.05) is 18.2 Å². The SMILES string of the molecule is Cc1c(C(=O)O)c(C(=O)O)c(C)c2c1[nH]c1ccccc12. The van der Waals surface area contributed by atoms with Crippen LogP contribution in [0, 0.1) is 13.8 Å². The quantitative estimate of drug-likeness (QED) is 0.672. The Morgan fingerprint density at radius 2 is 1.52 bits per heavy atom. The number of aromatic amines is 1. The molecule has 0 aliphatic carbocycles. The van der Waals surface area contributed by atoms with Crippen LogP contribution in [-0.4, -0.2) is 27.1 Å². The molecule has 0 aliphatic rings. The van der Waals surface area contributed by atoms with E-state index in [1.165, 1.54) is 0 Å². The number of carbonyl (C=O) groups is 2. The van der Waals surface area contributed by atoms with Crippen LogP contribution in [0.15, 0.2) is 24.3 Å². The Bertz CT molecular complexity index is 921. The molecule has 0 spiro atoms. The van der Waals surface area contributed by atoms with Gasteiger partial charge in [-0.2, -0.15) is 0 Å². The van der Waals surface area contributed by atoms with Crippen LogP contribution in [0.2, 0.25) is 0 Å². The number of aromatic carboxylic acids is 2. The molecule has 5 heteroatoms. The molecule has 5 nitrogen and oxygen atoms in total. The molecule has 0 radical (unpaired) electrons. The molecule has 0 saturated heterocycles. The molecule has 1 aromatic heterocycles. The van der Waals surface area contributed by atoms with Crippen LogP contribution in [0.25, 0.3) is 21.8 Å². The van der Waals surface area contributed by atoms with Crippen molar-refractivity contribution >= 4 is 33.7 Å². The van der Waals surface area contributed by atoms with E-state index in [1.807, 2.05) is 24.3 Å². The van der Waals surface area contributed by atoms with E-state index in [1.54, 1.807) is 13.8 Å². The molecule has 2 aromatic carbocycles. The molecule has 0 unspecified atom stereocenters. The fraction of sp³-hybridized carbons (Fsp3) is 0.125. The van der Waals surface area contributed by atoms with Crippen LogP contribution in [-0.2, 0) is 0 Å². The lowest BCUT2D eigenvalue weighted by Gasteiger charge is -2.11. The van der Waals surface area contributed by atoms with Gasteiger partial charge >= 0.3 is 11.9 Å². The number of hydrogen-bond donors (Lipinski definition) is 3. The number of aromatic nitrogens is 1. The second-order valence-electron chi connectivity index (χ2n) is 5.03. The van der Waals surface area contributed by atoms with E-state index in [4.69, 9.17) is 0 Å². The number of benzene rings is 2. The molecule has 0 fully saturated rings. The van der Waals surface area contributed by atoms with Gasteiger partial charge in [-0.15, -0.1) is 0 Å². The first-order valence-electron chi connectivity index (χ1n) is 6.43. The summed E-state index contributed by atoms with van der Waals surface area (Å²) in [6, 6.07) is 7.52. The second kappa shape index (κ2) is 4.34. The largest absolute Gasteiger partial charge is 0.478 e. The predicted molar refractivity (Wildman–Crippen MR) is 79.2 cm³/mol. The van der Waals surface area contributed by atoms with E-state index in [-0.39, 0.29) is 11.1 Å². The first-order chi connectivity index (χ1) is 9.93. The number of carboxylic acid groups (broad SMARTS) is 2. The van der Waals surface area contributed by atoms with Crippen molar-refractivity contribution < 1.29 is 19.8 Å². The molecule has 0 bridgehead atoms. The highest BCUT2D eigenvalue weighted by atomic mass is 16.4. The van der Waals surface area contributed by atoms with E-state index in [2.05, 4.69) is 4.98 Å². The maximum atomic E-state index is 11.5. The predicted octanol–water partition coefficient (Wildman–Crippen LogP) is 3.33. The van der Waals surface area contributed by atoms with Crippen LogP contribution in [0.5, 0.6) is 0 Å². The molecule has 0 amide bonds. The molecule has 3 rings (SSSR count). The summed E-state index contributed by atoms with van der Waals surface area (Å²) in [7, 11) is 0. The van der Waals surface area contributed by atoms with E-state index < -0.39 is 11.9 Å². The maximum absolute atomic E-state index is 11.5. The van der Waals surface area contributed by atoms with Gasteiger partial charge in [0, 0.05) is 16.3 Å². The highest BCUT2D eigenvalue weighted by Gasteiger charge is 2.25. The molecule has 3 N–H and O–H groups in total. The Kier molecular flexibility index (Phi) is 2.73. The normalized spacial score (nSPS) is 11.1. The average Bonchev–Trinajstić information content (AvgIpc) is 2.81. The molecular weight excluding hydrogens is 270 g/mol. The summed E-state index contributed by atoms with van der Waals surface area (Å²) in [5.41, 5.74) is 2.15. The third-order valence-electron chi connectivity index (χ3n) is 3.88. The van der Waals surface area contributed by atoms with Gasteiger partial charge < -0.3 is 15.2 Å². The lowest BCUT2D eigenvalue weighted by molar-refractivity contribution is 0.0650. The van der Waals surface area contributed by atoms with Crippen molar-refractivity contribution in [1.29, 1.82) is 0 Å². The molecule has 3 aromatic rings. The minimum absolute atomic E-state index is 0.141. The minimum atomic E-state index is -1.23. The number of hydrogen-bond acceptors (Lipinski definition) is 2. The fourth-order valence-electron chi connectivity index (χ4n) is 2.97. The topological polar surface area (TPSA) is 90.4 Å². The van der Waals surface area contributed by atoms with Gasteiger partial charge in [0.1, 0.15) is 0 Å². The minimum Gasteiger partial charge on any atom is -0.478 e. The number of fused-ring (bicyclic) bond motifs is 3. The van der Waals surface area contributed by atoms with Crippen LogP contribution in [0.1, 0.15) is 31.8 Å². The summed E-state index contributed by atoms with van der Waals surface area (Å²) >= 11 is 0. The molecule has 1 heterocycles. The van der Waals surface area contributed by atoms with Crippen molar-refractivity contribution in [3.05, 3.63) is 46.5 Å². The number of carboxylic acids is 2. The Hall–Kier alpha value is -2.82. The smallest absolute Gasteiger partial charge is 0.336 e. The third kappa shape index (κ3) is 1.71. The summed E-state index contributed by atoms with van der Waals surface area (Å²) < 4.78 is 0. The van der Waals surface area contributed by atoms with Crippen molar-refractivity contribution in [2.45, 2.75) is 13.8 Å². The first-order valence-corrected chi connectivity index (χ1v) is 6.43. The molecule has 0 saturated carbocycles. The molecule has 0 aliphatic heterocycles. The lowest BCUT2D eigenvalue weighted by Crippen LogP contribution is -2.13. The number of aryl methyl sites for hydroxylation is 2. The van der Waals surface area contributed by atoms with Gasteiger partial charge in [-0.25, -0.2) is 9.59 Å². The Balaban J connectivity index is 2.64. The Morgan fingerprint density at radius 3 is 2.14 bits per heavy atom. The van der Waals surface area contributed by atoms with Gasteiger partial charge in [-0.3, -0.25) is 0 Å². The van der Waals surface area contributed by atoms with Crippen LogP contribution >= 0.6 is 0 Å². The van der Waals surface area contributed by atoms with E-state index in [9.17, 15) is 19.8 Å². The fourth-order valence-corrected chi connectivity index (χ4v) is 2.97. The third-order valence-corrected chi connectivity index (χ3v) is 3.88. The van der Waals surface area contributed by atoms with Crippen molar-refractivity contribution in [3.8, 4) is 0 Å². The van der Waals surface area contributed by atoms with Crippen molar-refractivity contribution in [1.82, 2.24) is 4.98 Å². The first kappa shape index (κ1) is 13.2. The summed E-state index contributed by atoms with van der Waals surface area (Å²) in [4.78, 5) is 26.2. The zero-order chi connectivity index (χ0) is 15.3. The van der Waals surface area contributed by atoms with Crippen LogP contribution in [0.3, 0.4) is 0 Å². The summed E-state index contributed by atoms with van der Waals surface area (Å²) in [5, 5.41) is 20.5. The standard InChI is InChI=1S/C16H13NO4/c1-7-11-9-5-3-4-6-10(9)17-14(11)8(2)13(16(20)21)12(7)15(18)19/h3-6,17H,1-2H3,(H,18,19)(H,20,21).